The molecule has 1 amide bonds. The Morgan fingerprint density at radius 2 is 1.83 bits per heavy atom. The van der Waals surface area contributed by atoms with Crippen LogP contribution in [0.5, 0.6) is 0 Å². The quantitative estimate of drug-likeness (QED) is 0.832. The molecule has 0 bridgehead atoms. The Kier molecular flexibility index (Phi) is 5.80. The third-order valence-corrected chi connectivity index (χ3v) is 3.45. The van der Waals surface area contributed by atoms with Gasteiger partial charge in [-0.15, -0.1) is 0 Å². The fourth-order valence-corrected chi connectivity index (χ4v) is 2.39. The minimum atomic E-state index is -1.04. The first-order chi connectivity index (χ1) is 11.4. The molecule has 0 heterocycles. The second-order valence-corrected chi connectivity index (χ2v) is 5.76. The van der Waals surface area contributed by atoms with E-state index in [0.29, 0.717) is 21.3 Å². The number of anilines is 1. The standard InChI is InChI=1S/C17H12Cl2N2O3/c1-10(16(22)21-15-4-2-3-11(5-15)9-20)24-17(23)12-6-13(18)8-14(19)7-12/h2-8,10H,1H3,(H,21,22)/t10-/m1/s1. The van der Waals surface area contributed by atoms with E-state index in [4.69, 9.17) is 33.2 Å². The number of hydrogen-bond acceptors (Lipinski definition) is 4. The van der Waals surface area contributed by atoms with Gasteiger partial charge in [0.1, 0.15) is 0 Å². The molecule has 0 aliphatic carbocycles. The molecule has 122 valence electrons. The molecular weight excluding hydrogens is 351 g/mol. The van der Waals surface area contributed by atoms with Crippen LogP contribution in [0.2, 0.25) is 10.0 Å². The second kappa shape index (κ2) is 7.82. The van der Waals surface area contributed by atoms with Crippen molar-refractivity contribution in [1.29, 1.82) is 5.26 Å². The number of rotatable bonds is 4. The average molecular weight is 363 g/mol. The van der Waals surface area contributed by atoms with Gasteiger partial charge in [-0.05, 0) is 43.3 Å². The summed E-state index contributed by atoms with van der Waals surface area (Å²) in [5, 5.41) is 12.0. The Hall–Kier alpha value is -2.55. The van der Waals surface area contributed by atoms with E-state index >= 15 is 0 Å². The maximum atomic E-state index is 12.1. The van der Waals surface area contributed by atoms with E-state index in [0.717, 1.165) is 0 Å². The number of nitrogens with zero attached hydrogens (tertiary/aromatic N) is 1. The van der Waals surface area contributed by atoms with Gasteiger partial charge in [0, 0.05) is 15.7 Å². The SMILES string of the molecule is C[C@@H](OC(=O)c1cc(Cl)cc(Cl)c1)C(=O)Nc1cccc(C#N)c1. The van der Waals surface area contributed by atoms with Crippen molar-refractivity contribution in [1.82, 2.24) is 0 Å². The highest BCUT2D eigenvalue weighted by Gasteiger charge is 2.19. The molecule has 2 rings (SSSR count). The van der Waals surface area contributed by atoms with E-state index in [1.807, 2.05) is 6.07 Å². The Morgan fingerprint density at radius 1 is 1.17 bits per heavy atom. The molecule has 0 saturated carbocycles. The van der Waals surface area contributed by atoms with Crippen molar-refractivity contribution in [3.63, 3.8) is 0 Å². The molecule has 0 unspecified atom stereocenters. The zero-order valence-corrected chi connectivity index (χ0v) is 14.1. The van der Waals surface area contributed by atoms with E-state index in [9.17, 15) is 9.59 Å². The van der Waals surface area contributed by atoms with Gasteiger partial charge >= 0.3 is 5.97 Å². The van der Waals surface area contributed by atoms with Gasteiger partial charge in [0.05, 0.1) is 17.2 Å². The number of amides is 1. The molecule has 0 spiro atoms. The van der Waals surface area contributed by atoms with Crippen molar-refractivity contribution in [3.05, 3.63) is 63.6 Å². The van der Waals surface area contributed by atoms with Crippen molar-refractivity contribution in [3.8, 4) is 6.07 Å². The first-order valence-electron chi connectivity index (χ1n) is 6.87. The Labute approximate surface area is 148 Å². The number of esters is 1. The molecule has 0 fully saturated rings. The molecule has 0 saturated heterocycles. The van der Waals surface area contributed by atoms with Gasteiger partial charge in [-0.25, -0.2) is 4.79 Å². The minimum absolute atomic E-state index is 0.152. The van der Waals surface area contributed by atoms with Crippen LogP contribution in [0, 0.1) is 11.3 Å². The van der Waals surface area contributed by atoms with Crippen LogP contribution in [0.3, 0.4) is 0 Å². The third-order valence-electron chi connectivity index (χ3n) is 3.01. The van der Waals surface area contributed by atoms with Crippen LogP contribution in [0.15, 0.2) is 42.5 Å². The number of halogens is 2. The summed E-state index contributed by atoms with van der Waals surface area (Å²) in [6.45, 7) is 1.44. The van der Waals surface area contributed by atoms with Gasteiger partial charge in [0.25, 0.3) is 5.91 Å². The lowest BCUT2D eigenvalue weighted by Crippen LogP contribution is -2.30. The maximum absolute atomic E-state index is 12.1. The highest BCUT2D eigenvalue weighted by molar-refractivity contribution is 6.35. The first-order valence-corrected chi connectivity index (χ1v) is 7.63. The molecular formula is C17H12Cl2N2O3. The molecule has 1 atom stereocenters. The lowest BCUT2D eigenvalue weighted by Gasteiger charge is -2.14. The number of hydrogen-bond donors (Lipinski definition) is 1. The fourth-order valence-electron chi connectivity index (χ4n) is 1.86. The molecule has 0 aromatic heterocycles. The van der Waals surface area contributed by atoms with E-state index < -0.39 is 18.0 Å². The molecule has 7 heteroatoms. The number of nitrogens with one attached hydrogen (secondary N) is 1. The van der Waals surface area contributed by atoms with Crippen LogP contribution in [-0.2, 0) is 9.53 Å². The largest absolute Gasteiger partial charge is 0.449 e. The van der Waals surface area contributed by atoms with Gasteiger partial charge in [0.15, 0.2) is 6.10 Å². The van der Waals surface area contributed by atoms with E-state index in [1.54, 1.807) is 18.2 Å². The number of carbonyl (C=O) groups is 2. The molecule has 2 aromatic carbocycles. The predicted molar refractivity (Wildman–Crippen MR) is 91.1 cm³/mol. The van der Waals surface area contributed by atoms with Gasteiger partial charge in [-0.2, -0.15) is 5.26 Å². The number of benzene rings is 2. The highest BCUT2D eigenvalue weighted by Crippen LogP contribution is 2.20. The number of ether oxygens (including phenoxy) is 1. The van der Waals surface area contributed by atoms with Crippen LogP contribution in [-0.4, -0.2) is 18.0 Å². The molecule has 2 aromatic rings. The smallest absolute Gasteiger partial charge is 0.339 e. The zero-order chi connectivity index (χ0) is 17.7. The molecule has 0 aliphatic heterocycles. The van der Waals surface area contributed by atoms with Gasteiger partial charge in [0.2, 0.25) is 0 Å². The lowest BCUT2D eigenvalue weighted by molar-refractivity contribution is -0.123. The fraction of sp³-hybridized carbons (Fsp3) is 0.118. The van der Waals surface area contributed by atoms with Gasteiger partial charge in [-0.1, -0.05) is 29.3 Å². The second-order valence-electron chi connectivity index (χ2n) is 4.89. The summed E-state index contributed by atoms with van der Waals surface area (Å²) in [7, 11) is 0. The maximum Gasteiger partial charge on any atom is 0.339 e. The summed E-state index contributed by atoms with van der Waals surface area (Å²) in [5.41, 5.74) is 0.998. The van der Waals surface area contributed by atoms with Crippen LogP contribution in [0.25, 0.3) is 0 Å². The van der Waals surface area contributed by atoms with Crippen LogP contribution in [0.1, 0.15) is 22.8 Å². The predicted octanol–water partition coefficient (Wildman–Crippen LogP) is 4.05. The molecule has 0 aliphatic rings. The summed E-state index contributed by atoms with van der Waals surface area (Å²) in [6.07, 6.45) is -1.04. The minimum Gasteiger partial charge on any atom is -0.449 e. The van der Waals surface area contributed by atoms with Crippen LogP contribution < -0.4 is 5.32 Å². The van der Waals surface area contributed by atoms with E-state index in [2.05, 4.69) is 5.32 Å². The first kappa shape index (κ1) is 17.8. The third kappa shape index (κ3) is 4.72. The van der Waals surface area contributed by atoms with Crippen molar-refractivity contribution in [2.75, 3.05) is 5.32 Å². The van der Waals surface area contributed by atoms with E-state index in [1.165, 1.54) is 31.2 Å². The van der Waals surface area contributed by atoms with Crippen LogP contribution >= 0.6 is 23.2 Å². The Balaban J connectivity index is 2.03. The summed E-state index contributed by atoms with van der Waals surface area (Å²) in [5.74, 6) is -1.24. The normalized spacial score (nSPS) is 11.2. The zero-order valence-electron chi connectivity index (χ0n) is 12.5. The monoisotopic (exact) mass is 362 g/mol. The van der Waals surface area contributed by atoms with Gasteiger partial charge < -0.3 is 10.1 Å². The van der Waals surface area contributed by atoms with Crippen molar-refractivity contribution in [2.45, 2.75) is 13.0 Å². The molecule has 1 N–H and O–H groups in total. The van der Waals surface area contributed by atoms with E-state index in [-0.39, 0.29) is 5.56 Å². The van der Waals surface area contributed by atoms with Crippen LogP contribution in [0.4, 0.5) is 5.69 Å². The molecule has 5 nitrogen and oxygen atoms in total. The number of nitriles is 1. The lowest BCUT2D eigenvalue weighted by atomic mass is 10.2. The van der Waals surface area contributed by atoms with Gasteiger partial charge in [-0.3, -0.25) is 4.79 Å². The number of carbonyl (C=O) groups excluding carboxylic acids is 2. The topological polar surface area (TPSA) is 79.2 Å². The molecule has 24 heavy (non-hydrogen) atoms. The van der Waals surface area contributed by atoms with Crippen molar-refractivity contribution in [2.24, 2.45) is 0 Å². The van der Waals surface area contributed by atoms with Crippen molar-refractivity contribution >= 4 is 40.8 Å². The van der Waals surface area contributed by atoms with Crippen molar-refractivity contribution < 1.29 is 14.3 Å². The summed E-state index contributed by atoms with van der Waals surface area (Å²) in [4.78, 5) is 24.1. The molecule has 0 radical (unpaired) electrons. The Morgan fingerprint density at radius 3 is 2.46 bits per heavy atom. The summed E-state index contributed by atoms with van der Waals surface area (Å²) >= 11 is 11.7. The highest BCUT2D eigenvalue weighted by atomic mass is 35.5. The Bertz CT molecular complexity index is 811. The summed E-state index contributed by atoms with van der Waals surface area (Å²) < 4.78 is 5.10. The summed E-state index contributed by atoms with van der Waals surface area (Å²) in [6, 6.07) is 12.7. The average Bonchev–Trinajstić information content (AvgIpc) is 2.54.